The van der Waals surface area contributed by atoms with Gasteiger partial charge in [-0.05, 0) is 25.1 Å². The molecule has 2 aromatic carbocycles. The van der Waals surface area contributed by atoms with Gasteiger partial charge in [0.2, 0.25) is 0 Å². The highest BCUT2D eigenvalue weighted by atomic mass is 35.5. The molecule has 0 radical (unpaired) electrons. The van der Waals surface area contributed by atoms with E-state index in [4.69, 9.17) is 33.4 Å². The molecule has 4 rings (SSSR count). The summed E-state index contributed by atoms with van der Waals surface area (Å²) < 4.78 is 2.07. The number of nitrogens with zero attached hydrogens (tertiary/aromatic N) is 5. The van der Waals surface area contributed by atoms with Gasteiger partial charge in [-0.15, -0.1) is 0 Å². The number of aryl methyl sites for hydroxylation is 1. The molecule has 0 bridgehead atoms. The Hall–Kier alpha value is -2.67. The molecule has 0 spiro atoms. The van der Waals surface area contributed by atoms with E-state index < -0.39 is 0 Å². The minimum absolute atomic E-state index is 0.416. The van der Waals surface area contributed by atoms with Crippen LogP contribution >= 0.6 is 23.2 Å². The molecule has 4 aromatic rings. The summed E-state index contributed by atoms with van der Waals surface area (Å²) in [6.07, 6.45) is 6.60. The van der Waals surface area contributed by atoms with Crippen LogP contribution in [0.3, 0.4) is 0 Å². The van der Waals surface area contributed by atoms with Gasteiger partial charge in [0, 0.05) is 46.7 Å². The first kappa shape index (κ1) is 20.6. The zero-order valence-electron chi connectivity index (χ0n) is 16.4. The third kappa shape index (κ3) is 5.08. The average Bonchev–Trinajstić information content (AvgIpc) is 3.41. The Kier molecular flexibility index (Phi) is 6.79. The van der Waals surface area contributed by atoms with Crippen LogP contribution in [0.4, 0.5) is 0 Å². The molecule has 0 aliphatic rings. The monoisotopic (exact) mass is 440 g/mol. The van der Waals surface area contributed by atoms with Crippen molar-refractivity contribution in [1.29, 1.82) is 0 Å². The quantitative estimate of drug-likeness (QED) is 0.384. The molecule has 6 nitrogen and oxygen atoms in total. The van der Waals surface area contributed by atoms with E-state index in [0.717, 1.165) is 42.0 Å². The second-order valence-corrected chi connectivity index (χ2v) is 7.74. The standard InChI is InChI=1S/C22H22Cl2N6/c23-19-8-4-9-20(24)18(19)15-30-27-21(22(28-30)17-6-2-1-3-7-17)14-25-10-5-12-29-13-11-26-16-29/h1-4,6-9,11,13,16,25H,5,10,12,14-15H2. The van der Waals surface area contributed by atoms with Gasteiger partial charge in [0.1, 0.15) is 11.4 Å². The molecule has 8 heteroatoms. The molecule has 0 saturated carbocycles. The fourth-order valence-electron chi connectivity index (χ4n) is 3.23. The Morgan fingerprint density at radius 3 is 2.47 bits per heavy atom. The lowest BCUT2D eigenvalue weighted by Crippen LogP contribution is -2.17. The van der Waals surface area contributed by atoms with E-state index in [1.807, 2.05) is 61.1 Å². The summed E-state index contributed by atoms with van der Waals surface area (Å²) in [6, 6.07) is 15.6. The van der Waals surface area contributed by atoms with E-state index in [1.165, 1.54) is 0 Å². The summed E-state index contributed by atoms with van der Waals surface area (Å²) in [4.78, 5) is 5.73. The third-order valence-electron chi connectivity index (χ3n) is 4.75. The number of hydrogen-bond acceptors (Lipinski definition) is 4. The molecule has 0 atom stereocenters. The highest BCUT2D eigenvalue weighted by Gasteiger charge is 2.15. The van der Waals surface area contributed by atoms with E-state index in [1.54, 1.807) is 11.0 Å². The predicted molar refractivity (Wildman–Crippen MR) is 120 cm³/mol. The molecule has 0 aliphatic carbocycles. The van der Waals surface area contributed by atoms with Gasteiger partial charge in [-0.25, -0.2) is 4.98 Å². The van der Waals surface area contributed by atoms with E-state index in [-0.39, 0.29) is 0 Å². The van der Waals surface area contributed by atoms with Crippen LogP contribution in [-0.2, 0) is 19.6 Å². The summed E-state index contributed by atoms with van der Waals surface area (Å²) in [5.41, 5.74) is 3.60. The molecule has 0 amide bonds. The molecule has 0 unspecified atom stereocenters. The second-order valence-electron chi connectivity index (χ2n) is 6.92. The first-order chi connectivity index (χ1) is 14.7. The van der Waals surface area contributed by atoms with Crippen LogP contribution in [0.25, 0.3) is 11.3 Å². The van der Waals surface area contributed by atoms with Crippen molar-refractivity contribution in [3.63, 3.8) is 0 Å². The number of imidazole rings is 1. The largest absolute Gasteiger partial charge is 0.337 e. The molecular formula is C22H22Cl2N6. The second kappa shape index (κ2) is 9.89. The lowest BCUT2D eigenvalue weighted by atomic mass is 10.1. The number of halogens is 2. The van der Waals surface area contributed by atoms with Crippen molar-refractivity contribution in [3.05, 3.63) is 88.6 Å². The van der Waals surface area contributed by atoms with Gasteiger partial charge in [0.05, 0.1) is 12.9 Å². The van der Waals surface area contributed by atoms with Gasteiger partial charge in [0.15, 0.2) is 0 Å². The van der Waals surface area contributed by atoms with Crippen molar-refractivity contribution in [3.8, 4) is 11.3 Å². The summed E-state index contributed by atoms with van der Waals surface area (Å²) in [5.74, 6) is 0. The van der Waals surface area contributed by atoms with Crippen LogP contribution in [-0.4, -0.2) is 31.1 Å². The SMILES string of the molecule is Clc1cccc(Cl)c1Cn1nc(CNCCCn2ccnc2)c(-c2ccccc2)n1. The van der Waals surface area contributed by atoms with Crippen LogP contribution in [0.1, 0.15) is 17.7 Å². The van der Waals surface area contributed by atoms with E-state index in [2.05, 4.69) is 14.9 Å². The van der Waals surface area contributed by atoms with Crippen molar-refractivity contribution in [2.24, 2.45) is 0 Å². The first-order valence-electron chi connectivity index (χ1n) is 9.79. The predicted octanol–water partition coefficient (Wildman–Crippen LogP) is 4.68. The van der Waals surface area contributed by atoms with Crippen molar-refractivity contribution in [1.82, 2.24) is 29.9 Å². The summed E-state index contributed by atoms with van der Waals surface area (Å²) >= 11 is 12.7. The summed E-state index contributed by atoms with van der Waals surface area (Å²) in [6.45, 7) is 2.84. The minimum atomic E-state index is 0.416. The van der Waals surface area contributed by atoms with Gasteiger partial charge in [-0.1, -0.05) is 59.6 Å². The Morgan fingerprint density at radius 1 is 0.933 bits per heavy atom. The Labute approximate surface area is 185 Å². The number of benzene rings is 2. The van der Waals surface area contributed by atoms with Crippen molar-refractivity contribution >= 4 is 23.2 Å². The Bertz CT molecular complexity index is 1060. The topological polar surface area (TPSA) is 60.6 Å². The Morgan fingerprint density at radius 2 is 1.73 bits per heavy atom. The van der Waals surface area contributed by atoms with Gasteiger partial charge in [0.25, 0.3) is 0 Å². The van der Waals surface area contributed by atoms with Crippen LogP contribution < -0.4 is 5.32 Å². The lowest BCUT2D eigenvalue weighted by molar-refractivity contribution is 0.559. The molecule has 2 aromatic heterocycles. The summed E-state index contributed by atoms with van der Waals surface area (Å²) in [5, 5.41) is 14.2. The fourth-order valence-corrected chi connectivity index (χ4v) is 3.75. The van der Waals surface area contributed by atoms with Crippen molar-refractivity contribution < 1.29 is 0 Å². The van der Waals surface area contributed by atoms with Crippen LogP contribution in [0.2, 0.25) is 10.0 Å². The smallest absolute Gasteiger partial charge is 0.117 e. The number of nitrogens with one attached hydrogen (secondary N) is 1. The van der Waals surface area contributed by atoms with Crippen molar-refractivity contribution in [2.45, 2.75) is 26.1 Å². The van der Waals surface area contributed by atoms with E-state index in [9.17, 15) is 0 Å². The third-order valence-corrected chi connectivity index (χ3v) is 5.46. The van der Waals surface area contributed by atoms with E-state index in [0.29, 0.717) is 23.1 Å². The number of rotatable bonds is 9. The highest BCUT2D eigenvalue weighted by Crippen LogP contribution is 2.26. The molecule has 0 fully saturated rings. The van der Waals surface area contributed by atoms with E-state index >= 15 is 0 Å². The Balaban J connectivity index is 1.48. The average molecular weight is 441 g/mol. The zero-order valence-corrected chi connectivity index (χ0v) is 17.9. The van der Waals surface area contributed by atoms with Gasteiger partial charge < -0.3 is 9.88 Å². The normalized spacial score (nSPS) is 11.1. The first-order valence-corrected chi connectivity index (χ1v) is 10.5. The minimum Gasteiger partial charge on any atom is -0.337 e. The van der Waals surface area contributed by atoms with Crippen LogP contribution in [0.5, 0.6) is 0 Å². The maximum atomic E-state index is 6.33. The lowest BCUT2D eigenvalue weighted by Gasteiger charge is -2.06. The molecule has 2 heterocycles. The molecule has 154 valence electrons. The molecule has 30 heavy (non-hydrogen) atoms. The summed E-state index contributed by atoms with van der Waals surface area (Å²) in [7, 11) is 0. The van der Waals surface area contributed by atoms with Crippen LogP contribution in [0.15, 0.2) is 67.3 Å². The maximum absolute atomic E-state index is 6.33. The highest BCUT2D eigenvalue weighted by molar-refractivity contribution is 6.35. The maximum Gasteiger partial charge on any atom is 0.117 e. The fraction of sp³-hybridized carbons (Fsp3) is 0.227. The van der Waals surface area contributed by atoms with Crippen LogP contribution in [0, 0.1) is 0 Å². The van der Waals surface area contributed by atoms with Gasteiger partial charge in [-0.2, -0.15) is 15.0 Å². The molecule has 1 N–H and O–H groups in total. The number of aromatic nitrogens is 5. The van der Waals surface area contributed by atoms with Gasteiger partial charge in [-0.3, -0.25) is 0 Å². The number of hydrogen-bond donors (Lipinski definition) is 1. The van der Waals surface area contributed by atoms with Crippen molar-refractivity contribution in [2.75, 3.05) is 6.54 Å². The zero-order chi connectivity index (χ0) is 20.8. The molecule has 0 saturated heterocycles. The molecule has 0 aliphatic heterocycles. The molecular weight excluding hydrogens is 419 g/mol. The van der Waals surface area contributed by atoms with Gasteiger partial charge >= 0.3 is 0 Å².